The molecule has 0 unspecified atom stereocenters. The summed E-state index contributed by atoms with van der Waals surface area (Å²) >= 11 is 0. The Labute approximate surface area is 126 Å². The van der Waals surface area contributed by atoms with Crippen molar-refractivity contribution in [2.75, 3.05) is 6.61 Å². The van der Waals surface area contributed by atoms with E-state index in [1.165, 1.54) is 0 Å². The van der Waals surface area contributed by atoms with Crippen LogP contribution in [0.15, 0.2) is 0 Å². The zero-order valence-corrected chi connectivity index (χ0v) is 14.4. The van der Waals surface area contributed by atoms with Crippen LogP contribution in [0.25, 0.3) is 0 Å². The third-order valence-electron chi connectivity index (χ3n) is 1.56. The SMILES string of the molecule is C[C-]1C[C-](C)OP(OCC(C)(C)C)O1.[Rh].[Rh]. The van der Waals surface area contributed by atoms with E-state index in [0.717, 1.165) is 18.6 Å². The van der Waals surface area contributed by atoms with Crippen LogP contribution in [0.2, 0.25) is 0 Å². The Balaban J connectivity index is 0. The molecule has 1 saturated heterocycles. The van der Waals surface area contributed by atoms with Gasteiger partial charge >= 0.3 is 0 Å². The zero-order valence-electron chi connectivity index (χ0n) is 10.3. The van der Waals surface area contributed by atoms with Gasteiger partial charge in [0.2, 0.25) is 0 Å². The summed E-state index contributed by atoms with van der Waals surface area (Å²) in [5.41, 5.74) is 0.147. The van der Waals surface area contributed by atoms with Crippen LogP contribution in [0.4, 0.5) is 0 Å². The number of rotatable bonds is 2. The molecule has 0 spiro atoms. The van der Waals surface area contributed by atoms with E-state index in [2.05, 4.69) is 20.8 Å². The molecule has 0 N–H and O–H groups in total. The minimum Gasteiger partial charge on any atom is -0.491 e. The summed E-state index contributed by atoms with van der Waals surface area (Å²) < 4.78 is 16.5. The maximum absolute atomic E-state index is 5.57. The Hall–Kier alpha value is 1.56. The fourth-order valence-electron chi connectivity index (χ4n) is 0.987. The predicted octanol–water partition coefficient (Wildman–Crippen LogP) is 3.81. The van der Waals surface area contributed by atoms with E-state index in [0.29, 0.717) is 6.61 Å². The monoisotopic (exact) mass is 424 g/mol. The van der Waals surface area contributed by atoms with Gasteiger partial charge in [-0.1, -0.05) is 20.8 Å². The van der Waals surface area contributed by atoms with Crippen molar-refractivity contribution in [1.29, 1.82) is 0 Å². The van der Waals surface area contributed by atoms with E-state index in [9.17, 15) is 0 Å². The largest absolute Gasteiger partial charge is 0.491 e. The molecule has 2 radical (unpaired) electrons. The molecule has 3 nitrogen and oxygen atoms in total. The van der Waals surface area contributed by atoms with Gasteiger partial charge in [-0.2, -0.15) is 13.8 Å². The van der Waals surface area contributed by atoms with Gasteiger partial charge in [0.05, 0.1) is 6.61 Å². The third-order valence-corrected chi connectivity index (χ3v) is 2.82. The zero-order chi connectivity index (χ0) is 10.8. The minimum atomic E-state index is -1.19. The first-order valence-corrected chi connectivity index (χ1v) is 5.90. The molecule has 6 heteroatoms. The van der Waals surface area contributed by atoms with Crippen LogP contribution < -0.4 is 0 Å². The van der Waals surface area contributed by atoms with Crippen LogP contribution in [0, 0.1) is 17.6 Å². The van der Waals surface area contributed by atoms with Crippen molar-refractivity contribution in [3.63, 3.8) is 0 Å². The first-order valence-electron chi connectivity index (χ1n) is 4.81. The molecule has 0 atom stereocenters. The second-order valence-corrected chi connectivity index (χ2v) is 5.89. The van der Waals surface area contributed by atoms with E-state index in [4.69, 9.17) is 13.6 Å². The summed E-state index contributed by atoms with van der Waals surface area (Å²) in [7, 11) is -1.19. The minimum absolute atomic E-state index is 0. The van der Waals surface area contributed by atoms with E-state index < -0.39 is 8.60 Å². The van der Waals surface area contributed by atoms with Gasteiger partial charge in [-0.25, -0.2) is 12.2 Å². The molecule has 1 heterocycles. The molecule has 1 aliphatic rings. The smallest absolute Gasteiger partial charge is 0.266 e. The van der Waals surface area contributed by atoms with Gasteiger partial charge < -0.3 is 13.6 Å². The maximum atomic E-state index is 5.57. The Bertz CT molecular complexity index is 177. The van der Waals surface area contributed by atoms with Crippen LogP contribution in [0.5, 0.6) is 0 Å². The van der Waals surface area contributed by atoms with Gasteiger partial charge in [-0.05, 0) is 5.41 Å². The summed E-state index contributed by atoms with van der Waals surface area (Å²) in [5.74, 6) is 0. The van der Waals surface area contributed by atoms with Crippen molar-refractivity contribution in [3.8, 4) is 0 Å². The van der Waals surface area contributed by atoms with E-state index >= 15 is 0 Å². The average molecular weight is 424 g/mol. The molecule has 0 aliphatic carbocycles. The number of hydrogen-bond acceptors (Lipinski definition) is 3. The third kappa shape index (κ3) is 8.62. The van der Waals surface area contributed by atoms with Crippen molar-refractivity contribution >= 4 is 8.60 Å². The fraction of sp³-hybridized carbons (Fsp3) is 0.800. The van der Waals surface area contributed by atoms with Crippen LogP contribution in [-0.2, 0) is 52.5 Å². The van der Waals surface area contributed by atoms with Crippen molar-refractivity contribution in [1.82, 2.24) is 0 Å². The molecule has 1 fully saturated rings. The number of hydrogen-bond donors (Lipinski definition) is 0. The van der Waals surface area contributed by atoms with Gasteiger partial charge in [-0.15, -0.1) is 0 Å². The standard InChI is InChI=1S/C10H19O3P.2Rh/c1-8-6-9(2)13-14(12-8)11-7-10(3,4)5;;/h6-7H2,1-5H3;;/q-2;;. The van der Waals surface area contributed by atoms with Crippen LogP contribution in [0.1, 0.15) is 41.0 Å². The Morgan fingerprint density at radius 2 is 1.56 bits per heavy atom. The van der Waals surface area contributed by atoms with Gasteiger partial charge in [0.1, 0.15) is 0 Å². The summed E-state index contributed by atoms with van der Waals surface area (Å²) in [6.45, 7) is 10.9. The Morgan fingerprint density at radius 3 is 1.94 bits per heavy atom. The Kier molecular flexibility index (Phi) is 10.7. The molecule has 102 valence electrons. The normalized spacial score (nSPS) is 20.1. The summed E-state index contributed by atoms with van der Waals surface area (Å²) in [6.07, 6.45) is 2.75. The molecule has 1 rings (SSSR count). The molecule has 1 aliphatic heterocycles. The quantitative estimate of drug-likeness (QED) is 0.384. The second kappa shape index (κ2) is 8.62. The predicted molar refractivity (Wildman–Crippen MR) is 56.9 cm³/mol. The molecule has 16 heavy (non-hydrogen) atoms. The van der Waals surface area contributed by atoms with Gasteiger partial charge in [0.15, 0.2) is 0 Å². The summed E-state index contributed by atoms with van der Waals surface area (Å²) in [5, 5.41) is 0. The first-order chi connectivity index (χ1) is 6.37. The van der Waals surface area contributed by atoms with Crippen LogP contribution >= 0.6 is 8.60 Å². The molecular formula is C10H19O3PRh2-2. The maximum Gasteiger partial charge on any atom is 0.266 e. The molecule has 0 aromatic rings. The van der Waals surface area contributed by atoms with Crippen molar-refractivity contribution in [2.24, 2.45) is 5.41 Å². The summed E-state index contributed by atoms with van der Waals surface area (Å²) in [4.78, 5) is 0. The molecule has 0 aromatic carbocycles. The first kappa shape index (κ1) is 19.9. The van der Waals surface area contributed by atoms with Crippen LogP contribution in [-0.4, -0.2) is 6.61 Å². The second-order valence-electron chi connectivity index (χ2n) is 4.82. The molecule has 0 bridgehead atoms. The fourth-order valence-corrected chi connectivity index (χ4v) is 2.26. The molecular weight excluding hydrogens is 405 g/mol. The van der Waals surface area contributed by atoms with E-state index in [-0.39, 0.29) is 44.4 Å². The van der Waals surface area contributed by atoms with Crippen molar-refractivity contribution in [2.45, 2.75) is 41.0 Å². The van der Waals surface area contributed by atoms with E-state index in [1.54, 1.807) is 0 Å². The van der Waals surface area contributed by atoms with Gasteiger partial charge in [0.25, 0.3) is 8.60 Å². The molecule has 0 saturated carbocycles. The topological polar surface area (TPSA) is 27.7 Å². The van der Waals surface area contributed by atoms with Crippen molar-refractivity contribution in [3.05, 3.63) is 12.2 Å². The van der Waals surface area contributed by atoms with Gasteiger partial charge in [-0.3, -0.25) is 6.42 Å². The van der Waals surface area contributed by atoms with Crippen molar-refractivity contribution < 1.29 is 52.5 Å². The van der Waals surface area contributed by atoms with Gasteiger partial charge in [0, 0.05) is 39.0 Å². The Morgan fingerprint density at radius 1 is 1.12 bits per heavy atom. The molecule has 0 aromatic heterocycles. The van der Waals surface area contributed by atoms with E-state index in [1.807, 2.05) is 13.8 Å². The average Bonchev–Trinajstić information content (AvgIpc) is 1.97. The summed E-state index contributed by atoms with van der Waals surface area (Å²) in [6, 6.07) is 0. The molecule has 0 amide bonds. The van der Waals surface area contributed by atoms with Crippen LogP contribution in [0.3, 0.4) is 0 Å².